The normalized spacial score (nSPS) is 17.9. The van der Waals surface area contributed by atoms with Crippen molar-refractivity contribution >= 4 is 29.4 Å². The molecule has 4 rings (SSSR count). The summed E-state index contributed by atoms with van der Waals surface area (Å²) in [6, 6.07) is 10.2. The summed E-state index contributed by atoms with van der Waals surface area (Å²) in [5.41, 5.74) is 5.19. The number of amides is 5. The molecule has 0 aromatic heterocycles. The topological polar surface area (TPSA) is 108 Å². The second kappa shape index (κ2) is 8.22. The van der Waals surface area contributed by atoms with Crippen LogP contribution < -0.4 is 16.0 Å². The average Bonchev–Trinajstić information content (AvgIpc) is 3.05. The molecule has 160 valence electrons. The highest BCUT2D eigenvalue weighted by Crippen LogP contribution is 2.28. The number of nitrogens with zero attached hydrogens (tertiary/aromatic N) is 1. The minimum atomic E-state index is -0.636. The lowest BCUT2D eigenvalue weighted by atomic mass is 10.0. The Labute approximate surface area is 180 Å². The summed E-state index contributed by atoms with van der Waals surface area (Å²) in [6.45, 7) is 4.61. The number of piperidine rings is 1. The molecule has 2 aromatic carbocycles. The number of imide groups is 1. The van der Waals surface area contributed by atoms with Gasteiger partial charge in [0.1, 0.15) is 6.04 Å². The third-order valence-corrected chi connectivity index (χ3v) is 5.81. The molecule has 0 bridgehead atoms. The lowest BCUT2D eigenvalue weighted by Crippen LogP contribution is -2.52. The van der Waals surface area contributed by atoms with E-state index in [0.717, 1.165) is 27.9 Å². The minimum absolute atomic E-state index is 0.212. The van der Waals surface area contributed by atoms with Crippen molar-refractivity contribution in [3.8, 4) is 0 Å². The Morgan fingerprint density at radius 1 is 1.10 bits per heavy atom. The van der Waals surface area contributed by atoms with Crippen LogP contribution in [0.2, 0.25) is 0 Å². The van der Waals surface area contributed by atoms with Gasteiger partial charge in [-0.15, -0.1) is 0 Å². The predicted octanol–water partition coefficient (Wildman–Crippen LogP) is 2.39. The van der Waals surface area contributed by atoms with Crippen molar-refractivity contribution in [2.45, 2.75) is 45.8 Å². The summed E-state index contributed by atoms with van der Waals surface area (Å²) in [7, 11) is 0. The van der Waals surface area contributed by atoms with Gasteiger partial charge in [-0.2, -0.15) is 0 Å². The molecule has 0 radical (unpaired) electrons. The molecule has 8 nitrogen and oxygen atoms in total. The zero-order valence-corrected chi connectivity index (χ0v) is 17.5. The fourth-order valence-corrected chi connectivity index (χ4v) is 3.91. The molecule has 2 aliphatic rings. The number of hydrogen-bond donors (Lipinski definition) is 3. The van der Waals surface area contributed by atoms with Gasteiger partial charge >= 0.3 is 6.03 Å². The standard InChI is InChI=1S/C23H24N4O4/c1-13-3-5-17(9-14(13)2)25-23(31)24-11-15-4-6-18-16(10-15)12-27(22(18)30)19-7-8-20(28)26-21(19)29/h3-6,9-10,19H,7-8,11-12H2,1-2H3,(H2,24,25,31)(H,26,28,29). The van der Waals surface area contributed by atoms with Gasteiger partial charge in [0, 0.05) is 30.8 Å². The number of carbonyl (C=O) groups is 4. The highest BCUT2D eigenvalue weighted by atomic mass is 16.2. The first kappa shape index (κ1) is 20.6. The lowest BCUT2D eigenvalue weighted by Gasteiger charge is -2.29. The van der Waals surface area contributed by atoms with Crippen molar-refractivity contribution in [3.63, 3.8) is 0 Å². The molecule has 2 aromatic rings. The number of carbonyl (C=O) groups excluding carboxylic acids is 4. The molecular formula is C23H24N4O4. The number of aryl methyl sites for hydroxylation is 2. The van der Waals surface area contributed by atoms with Crippen LogP contribution in [0.5, 0.6) is 0 Å². The van der Waals surface area contributed by atoms with Crippen molar-refractivity contribution in [3.05, 3.63) is 64.2 Å². The zero-order valence-electron chi connectivity index (χ0n) is 17.5. The fraction of sp³-hybridized carbons (Fsp3) is 0.304. The zero-order chi connectivity index (χ0) is 22.1. The van der Waals surface area contributed by atoms with Crippen LogP contribution in [-0.4, -0.2) is 34.7 Å². The fourth-order valence-electron chi connectivity index (χ4n) is 3.91. The van der Waals surface area contributed by atoms with E-state index in [1.807, 2.05) is 38.1 Å². The quantitative estimate of drug-likeness (QED) is 0.660. The van der Waals surface area contributed by atoms with Crippen LogP contribution in [0.15, 0.2) is 36.4 Å². The Morgan fingerprint density at radius 2 is 1.90 bits per heavy atom. The molecule has 1 atom stereocenters. The highest BCUT2D eigenvalue weighted by Gasteiger charge is 2.39. The number of rotatable bonds is 4. The molecule has 8 heteroatoms. The molecule has 1 fully saturated rings. The first-order valence-electron chi connectivity index (χ1n) is 10.2. The van der Waals surface area contributed by atoms with Crippen molar-refractivity contribution in [1.29, 1.82) is 0 Å². The van der Waals surface area contributed by atoms with Crippen LogP contribution in [0.3, 0.4) is 0 Å². The molecule has 31 heavy (non-hydrogen) atoms. The minimum Gasteiger partial charge on any atom is -0.334 e. The van der Waals surface area contributed by atoms with Gasteiger partial charge in [-0.3, -0.25) is 19.7 Å². The first-order chi connectivity index (χ1) is 14.8. The van der Waals surface area contributed by atoms with E-state index in [9.17, 15) is 19.2 Å². The molecule has 1 unspecified atom stereocenters. The molecule has 2 aliphatic heterocycles. The maximum absolute atomic E-state index is 12.7. The Balaban J connectivity index is 1.38. The number of hydrogen-bond acceptors (Lipinski definition) is 4. The van der Waals surface area contributed by atoms with Crippen molar-refractivity contribution in [2.75, 3.05) is 5.32 Å². The van der Waals surface area contributed by atoms with E-state index in [4.69, 9.17) is 0 Å². The molecular weight excluding hydrogens is 396 g/mol. The third-order valence-electron chi connectivity index (χ3n) is 5.81. The van der Waals surface area contributed by atoms with Crippen LogP contribution in [0.4, 0.5) is 10.5 Å². The maximum atomic E-state index is 12.7. The number of urea groups is 1. The van der Waals surface area contributed by atoms with Gasteiger partial charge in [0.15, 0.2) is 0 Å². The summed E-state index contributed by atoms with van der Waals surface area (Å²) in [5.74, 6) is -0.948. The summed E-state index contributed by atoms with van der Waals surface area (Å²) < 4.78 is 0. The third kappa shape index (κ3) is 4.28. The predicted molar refractivity (Wildman–Crippen MR) is 114 cm³/mol. The van der Waals surface area contributed by atoms with Gasteiger partial charge in [0.05, 0.1) is 0 Å². The molecule has 5 amide bonds. The Bertz CT molecular complexity index is 1090. The Hall–Kier alpha value is -3.68. The van der Waals surface area contributed by atoms with Crippen LogP contribution in [0.25, 0.3) is 0 Å². The van der Waals surface area contributed by atoms with E-state index >= 15 is 0 Å². The van der Waals surface area contributed by atoms with Crippen LogP contribution >= 0.6 is 0 Å². The molecule has 0 aliphatic carbocycles. The molecule has 0 spiro atoms. The van der Waals surface area contributed by atoms with Crippen molar-refractivity contribution < 1.29 is 19.2 Å². The molecule has 1 saturated heterocycles. The van der Waals surface area contributed by atoms with E-state index in [1.54, 1.807) is 12.1 Å². The van der Waals surface area contributed by atoms with E-state index in [0.29, 0.717) is 25.1 Å². The molecule has 2 heterocycles. The Kier molecular flexibility index (Phi) is 5.46. The number of nitrogens with one attached hydrogen (secondary N) is 3. The SMILES string of the molecule is Cc1ccc(NC(=O)NCc2ccc3c(c2)CN(C2CCC(=O)NC2=O)C3=O)cc1C. The number of fused-ring (bicyclic) bond motifs is 1. The van der Waals surface area contributed by atoms with Crippen LogP contribution in [-0.2, 0) is 22.7 Å². The summed E-state index contributed by atoms with van der Waals surface area (Å²) in [4.78, 5) is 50.0. The van der Waals surface area contributed by atoms with Crippen LogP contribution in [0.1, 0.15) is 45.5 Å². The van der Waals surface area contributed by atoms with Crippen LogP contribution in [0, 0.1) is 13.8 Å². The molecule has 0 saturated carbocycles. The van der Waals surface area contributed by atoms with E-state index in [-0.39, 0.29) is 24.3 Å². The summed E-state index contributed by atoms with van der Waals surface area (Å²) in [6.07, 6.45) is 0.554. The van der Waals surface area contributed by atoms with E-state index in [1.165, 1.54) is 4.90 Å². The van der Waals surface area contributed by atoms with Gasteiger partial charge in [0.25, 0.3) is 5.91 Å². The lowest BCUT2D eigenvalue weighted by molar-refractivity contribution is -0.136. The first-order valence-corrected chi connectivity index (χ1v) is 10.2. The van der Waals surface area contributed by atoms with Gasteiger partial charge in [0.2, 0.25) is 11.8 Å². The molecule has 3 N–H and O–H groups in total. The van der Waals surface area contributed by atoms with E-state index < -0.39 is 11.9 Å². The summed E-state index contributed by atoms with van der Waals surface area (Å²) >= 11 is 0. The van der Waals surface area contributed by atoms with Gasteiger partial charge in [-0.25, -0.2) is 4.79 Å². The van der Waals surface area contributed by atoms with Crippen molar-refractivity contribution in [2.24, 2.45) is 0 Å². The largest absolute Gasteiger partial charge is 0.334 e. The second-order valence-corrected chi connectivity index (χ2v) is 8.00. The van der Waals surface area contributed by atoms with Gasteiger partial charge < -0.3 is 15.5 Å². The number of anilines is 1. The van der Waals surface area contributed by atoms with Gasteiger partial charge in [-0.1, -0.05) is 18.2 Å². The second-order valence-electron chi connectivity index (χ2n) is 8.00. The van der Waals surface area contributed by atoms with Crippen molar-refractivity contribution in [1.82, 2.24) is 15.5 Å². The summed E-state index contributed by atoms with van der Waals surface area (Å²) in [5, 5.41) is 7.93. The maximum Gasteiger partial charge on any atom is 0.319 e. The smallest absolute Gasteiger partial charge is 0.319 e. The number of benzene rings is 2. The van der Waals surface area contributed by atoms with Gasteiger partial charge in [-0.05, 0) is 60.7 Å². The average molecular weight is 420 g/mol. The monoisotopic (exact) mass is 420 g/mol. The van der Waals surface area contributed by atoms with E-state index in [2.05, 4.69) is 16.0 Å². The Morgan fingerprint density at radius 3 is 2.65 bits per heavy atom. The highest BCUT2D eigenvalue weighted by molar-refractivity contribution is 6.05.